The molecule has 0 aliphatic carbocycles. The Labute approximate surface area is 124 Å². The molecule has 0 saturated heterocycles. The van der Waals surface area contributed by atoms with Gasteiger partial charge in [-0.25, -0.2) is 4.98 Å². The van der Waals surface area contributed by atoms with Gasteiger partial charge in [0.15, 0.2) is 5.82 Å². The SMILES string of the molecule is C=CCN1CCN(c2ccc(C)nn2)Cc2cccnc21. The molecule has 0 N–H and O–H groups in total. The third-order valence-corrected chi connectivity index (χ3v) is 3.63. The average molecular weight is 281 g/mol. The molecule has 1 aliphatic heterocycles. The smallest absolute Gasteiger partial charge is 0.151 e. The molecule has 3 rings (SSSR count). The number of fused-ring (bicyclic) bond motifs is 1. The lowest BCUT2D eigenvalue weighted by atomic mass is 10.2. The van der Waals surface area contributed by atoms with Crippen LogP contribution in [0.15, 0.2) is 43.1 Å². The quantitative estimate of drug-likeness (QED) is 0.807. The first-order valence-electron chi connectivity index (χ1n) is 7.13. The molecule has 0 radical (unpaired) electrons. The van der Waals surface area contributed by atoms with Gasteiger partial charge in [0.05, 0.1) is 5.69 Å². The van der Waals surface area contributed by atoms with E-state index >= 15 is 0 Å². The minimum atomic E-state index is 0.800. The maximum atomic E-state index is 4.54. The fraction of sp³-hybridized carbons (Fsp3) is 0.312. The Kier molecular flexibility index (Phi) is 3.81. The van der Waals surface area contributed by atoms with Crippen LogP contribution in [0.4, 0.5) is 11.6 Å². The van der Waals surface area contributed by atoms with Crippen LogP contribution in [-0.4, -0.2) is 34.8 Å². The molecular formula is C16H19N5. The molecule has 0 unspecified atom stereocenters. The van der Waals surface area contributed by atoms with Crippen molar-refractivity contribution in [3.63, 3.8) is 0 Å². The fourth-order valence-corrected chi connectivity index (χ4v) is 2.56. The first-order valence-corrected chi connectivity index (χ1v) is 7.13. The predicted octanol–water partition coefficient (Wildman–Crippen LogP) is 2.19. The molecule has 3 heterocycles. The Morgan fingerprint density at radius 1 is 1.24 bits per heavy atom. The lowest BCUT2D eigenvalue weighted by molar-refractivity contribution is 0.758. The number of hydrogen-bond donors (Lipinski definition) is 0. The van der Waals surface area contributed by atoms with Crippen molar-refractivity contribution in [1.29, 1.82) is 0 Å². The molecule has 0 bridgehead atoms. The maximum absolute atomic E-state index is 4.54. The van der Waals surface area contributed by atoms with Crippen LogP contribution in [0.1, 0.15) is 11.3 Å². The van der Waals surface area contributed by atoms with Gasteiger partial charge in [-0.05, 0) is 25.1 Å². The van der Waals surface area contributed by atoms with Gasteiger partial charge < -0.3 is 9.80 Å². The van der Waals surface area contributed by atoms with Gasteiger partial charge in [0, 0.05) is 37.9 Å². The highest BCUT2D eigenvalue weighted by Gasteiger charge is 2.20. The summed E-state index contributed by atoms with van der Waals surface area (Å²) < 4.78 is 0. The van der Waals surface area contributed by atoms with Gasteiger partial charge in [-0.1, -0.05) is 12.1 Å². The highest BCUT2D eigenvalue weighted by atomic mass is 15.3. The summed E-state index contributed by atoms with van der Waals surface area (Å²) in [6, 6.07) is 8.13. The van der Waals surface area contributed by atoms with Crippen molar-refractivity contribution >= 4 is 11.6 Å². The van der Waals surface area contributed by atoms with Crippen molar-refractivity contribution in [2.75, 3.05) is 29.4 Å². The van der Waals surface area contributed by atoms with Gasteiger partial charge in [0.2, 0.25) is 0 Å². The molecule has 21 heavy (non-hydrogen) atoms. The molecule has 2 aromatic heterocycles. The van der Waals surface area contributed by atoms with Crippen molar-refractivity contribution in [2.24, 2.45) is 0 Å². The van der Waals surface area contributed by atoms with Crippen molar-refractivity contribution in [2.45, 2.75) is 13.5 Å². The van der Waals surface area contributed by atoms with Crippen molar-refractivity contribution in [1.82, 2.24) is 15.2 Å². The van der Waals surface area contributed by atoms with E-state index < -0.39 is 0 Å². The fourth-order valence-electron chi connectivity index (χ4n) is 2.56. The minimum absolute atomic E-state index is 0.800. The Bertz CT molecular complexity index is 623. The van der Waals surface area contributed by atoms with E-state index in [4.69, 9.17) is 0 Å². The van der Waals surface area contributed by atoms with Crippen LogP contribution in [-0.2, 0) is 6.54 Å². The lowest BCUT2D eigenvalue weighted by Crippen LogP contribution is -2.32. The second-order valence-electron chi connectivity index (χ2n) is 5.18. The topological polar surface area (TPSA) is 45.2 Å². The van der Waals surface area contributed by atoms with E-state index in [0.717, 1.165) is 43.5 Å². The first-order chi connectivity index (χ1) is 10.3. The van der Waals surface area contributed by atoms with Crippen LogP contribution in [0, 0.1) is 6.92 Å². The zero-order chi connectivity index (χ0) is 14.7. The molecule has 0 amide bonds. The Morgan fingerprint density at radius 2 is 2.14 bits per heavy atom. The summed E-state index contributed by atoms with van der Waals surface area (Å²) in [6.45, 7) is 9.18. The van der Waals surface area contributed by atoms with Gasteiger partial charge in [-0.15, -0.1) is 11.7 Å². The number of nitrogens with zero attached hydrogens (tertiary/aromatic N) is 5. The Hall–Kier alpha value is -2.43. The minimum Gasteiger partial charge on any atom is -0.351 e. The van der Waals surface area contributed by atoms with Crippen molar-refractivity contribution in [3.05, 3.63) is 54.4 Å². The number of anilines is 2. The summed E-state index contributed by atoms with van der Waals surface area (Å²) in [4.78, 5) is 9.04. The first kappa shape index (κ1) is 13.5. The highest BCUT2D eigenvalue weighted by Crippen LogP contribution is 2.24. The number of rotatable bonds is 3. The molecule has 0 aromatic carbocycles. The van der Waals surface area contributed by atoms with Crippen LogP contribution < -0.4 is 9.80 Å². The van der Waals surface area contributed by atoms with Gasteiger partial charge in [-0.3, -0.25) is 0 Å². The van der Waals surface area contributed by atoms with Crippen LogP contribution in [0.25, 0.3) is 0 Å². The number of hydrogen-bond acceptors (Lipinski definition) is 5. The third kappa shape index (κ3) is 2.86. The predicted molar refractivity (Wildman–Crippen MR) is 84.5 cm³/mol. The lowest BCUT2D eigenvalue weighted by Gasteiger charge is -2.22. The van der Waals surface area contributed by atoms with Crippen LogP contribution in [0.2, 0.25) is 0 Å². The summed E-state index contributed by atoms with van der Waals surface area (Å²) in [5, 5.41) is 8.46. The normalized spacial score (nSPS) is 14.5. The zero-order valence-corrected chi connectivity index (χ0v) is 12.2. The van der Waals surface area contributed by atoms with Crippen LogP contribution >= 0.6 is 0 Å². The molecule has 0 fully saturated rings. The molecule has 0 saturated carbocycles. The number of aryl methyl sites for hydroxylation is 1. The molecule has 108 valence electrons. The molecule has 1 aliphatic rings. The van der Waals surface area contributed by atoms with Gasteiger partial charge in [-0.2, -0.15) is 5.10 Å². The molecular weight excluding hydrogens is 262 g/mol. The van der Waals surface area contributed by atoms with E-state index in [1.807, 2.05) is 37.4 Å². The Morgan fingerprint density at radius 3 is 2.90 bits per heavy atom. The van der Waals surface area contributed by atoms with E-state index in [1.165, 1.54) is 5.56 Å². The summed E-state index contributed by atoms with van der Waals surface area (Å²) in [6.07, 6.45) is 3.76. The average Bonchev–Trinajstić information content (AvgIpc) is 2.69. The van der Waals surface area contributed by atoms with Crippen LogP contribution in [0.3, 0.4) is 0 Å². The maximum Gasteiger partial charge on any atom is 0.151 e. The van der Waals surface area contributed by atoms with Crippen molar-refractivity contribution in [3.8, 4) is 0 Å². The molecule has 5 nitrogen and oxygen atoms in total. The van der Waals surface area contributed by atoms with Crippen molar-refractivity contribution < 1.29 is 0 Å². The molecule has 5 heteroatoms. The van der Waals surface area contributed by atoms with Crippen LogP contribution in [0.5, 0.6) is 0 Å². The van der Waals surface area contributed by atoms with E-state index in [2.05, 4.69) is 37.6 Å². The van der Waals surface area contributed by atoms with Gasteiger partial charge in [0.1, 0.15) is 5.82 Å². The number of aromatic nitrogens is 3. The van der Waals surface area contributed by atoms with E-state index in [-0.39, 0.29) is 0 Å². The standard InChI is InChI=1S/C16H19N5/c1-3-9-20-10-11-21(15-7-6-13(2)18-19-15)12-14-5-4-8-17-16(14)20/h3-8H,1,9-12H2,2H3. The Balaban J connectivity index is 1.91. The summed E-state index contributed by atoms with van der Waals surface area (Å²) >= 11 is 0. The van der Waals surface area contributed by atoms with E-state index in [0.29, 0.717) is 0 Å². The summed E-state index contributed by atoms with van der Waals surface area (Å²) in [5.74, 6) is 1.95. The van der Waals surface area contributed by atoms with E-state index in [1.54, 1.807) is 0 Å². The van der Waals surface area contributed by atoms with E-state index in [9.17, 15) is 0 Å². The molecule has 2 aromatic rings. The number of pyridine rings is 1. The summed E-state index contributed by atoms with van der Waals surface area (Å²) in [5.41, 5.74) is 2.14. The third-order valence-electron chi connectivity index (χ3n) is 3.63. The highest BCUT2D eigenvalue weighted by molar-refractivity contribution is 5.52. The van der Waals surface area contributed by atoms with Gasteiger partial charge >= 0.3 is 0 Å². The zero-order valence-electron chi connectivity index (χ0n) is 12.2. The summed E-state index contributed by atoms with van der Waals surface area (Å²) in [7, 11) is 0. The van der Waals surface area contributed by atoms with Gasteiger partial charge in [0.25, 0.3) is 0 Å². The second-order valence-corrected chi connectivity index (χ2v) is 5.18. The monoisotopic (exact) mass is 281 g/mol. The molecule has 0 atom stereocenters. The largest absolute Gasteiger partial charge is 0.351 e. The second kappa shape index (κ2) is 5.91. The molecule has 0 spiro atoms.